The van der Waals surface area contributed by atoms with E-state index in [0.29, 0.717) is 29.7 Å². The number of nitrogens with one attached hydrogen (secondary N) is 1. The molecule has 0 fully saturated rings. The van der Waals surface area contributed by atoms with Gasteiger partial charge in [-0.3, -0.25) is 0 Å². The molecule has 0 spiro atoms. The minimum absolute atomic E-state index is 0.414. The molecule has 4 nitrogen and oxygen atoms in total. The highest BCUT2D eigenvalue weighted by molar-refractivity contribution is 6.32. The van der Waals surface area contributed by atoms with Gasteiger partial charge in [0.25, 0.3) is 0 Å². The Balaban J connectivity index is 2.75. The van der Waals surface area contributed by atoms with Gasteiger partial charge < -0.3 is 19.7 Å². The minimum atomic E-state index is 0.414. The van der Waals surface area contributed by atoms with Gasteiger partial charge in [0.1, 0.15) is 26.2 Å². The maximum atomic E-state index is 6.31. The van der Waals surface area contributed by atoms with Crippen LogP contribution in [0.25, 0.3) is 0 Å². The Kier molecular flexibility index (Phi) is 8.20. The molecule has 0 atom stereocenters. The summed E-state index contributed by atoms with van der Waals surface area (Å²) in [5.41, 5.74) is 1.14. The number of ether oxygens (including phenoxy) is 2. The number of quaternary nitrogens is 2. The molecule has 1 aromatic rings. The van der Waals surface area contributed by atoms with E-state index < -0.39 is 0 Å². The van der Waals surface area contributed by atoms with Crippen molar-refractivity contribution in [3.63, 3.8) is 0 Å². The molecule has 5 heteroatoms. The first-order chi connectivity index (χ1) is 10.1. The molecule has 0 unspecified atom stereocenters. The standard InChI is InChI=1S/C16H25ClN2O2/c1-5-9-21-16-14(17)10-13(11-15(16)20-6-2)12-18-7-8-19(3)4/h5,10-11,18H,1,6-9,12H2,2-4H3/p+2. The molecule has 1 rings (SSSR count). The van der Waals surface area contributed by atoms with Crippen LogP contribution in [0.5, 0.6) is 11.5 Å². The number of hydrogen-bond donors (Lipinski definition) is 2. The summed E-state index contributed by atoms with van der Waals surface area (Å²) in [5, 5.41) is 2.86. The quantitative estimate of drug-likeness (QED) is 0.488. The highest BCUT2D eigenvalue weighted by Crippen LogP contribution is 2.36. The Bertz CT molecular complexity index is 450. The first-order valence-corrected chi connectivity index (χ1v) is 7.75. The minimum Gasteiger partial charge on any atom is -0.490 e. The fourth-order valence-corrected chi connectivity index (χ4v) is 2.23. The van der Waals surface area contributed by atoms with Crippen molar-refractivity contribution in [3.8, 4) is 11.5 Å². The van der Waals surface area contributed by atoms with Crippen molar-refractivity contribution >= 4 is 11.6 Å². The Morgan fingerprint density at radius 2 is 2.10 bits per heavy atom. The third-order valence-electron chi connectivity index (χ3n) is 2.94. The van der Waals surface area contributed by atoms with E-state index in [4.69, 9.17) is 21.1 Å². The van der Waals surface area contributed by atoms with Crippen LogP contribution in [0.2, 0.25) is 5.02 Å². The molecular weight excluding hydrogens is 288 g/mol. The summed E-state index contributed by atoms with van der Waals surface area (Å²) in [7, 11) is 4.31. The van der Waals surface area contributed by atoms with Crippen molar-refractivity contribution in [1.29, 1.82) is 0 Å². The largest absolute Gasteiger partial charge is 0.490 e. The van der Waals surface area contributed by atoms with Gasteiger partial charge in [0.15, 0.2) is 11.5 Å². The lowest BCUT2D eigenvalue weighted by atomic mass is 10.2. The average molecular weight is 315 g/mol. The Labute approximate surface area is 132 Å². The fraction of sp³-hybridized carbons (Fsp3) is 0.500. The number of benzene rings is 1. The number of hydrogen-bond acceptors (Lipinski definition) is 2. The van der Waals surface area contributed by atoms with Crippen LogP contribution in [0.15, 0.2) is 24.8 Å². The molecule has 0 aliphatic rings. The highest BCUT2D eigenvalue weighted by atomic mass is 35.5. The molecule has 0 heterocycles. The molecule has 0 aliphatic carbocycles. The summed E-state index contributed by atoms with van der Waals surface area (Å²) in [5.74, 6) is 1.30. The number of likely N-dealkylation sites (N-methyl/N-ethyl adjacent to an activating group) is 1. The molecular formula is C16H27ClN2O2+2. The van der Waals surface area contributed by atoms with E-state index in [-0.39, 0.29) is 0 Å². The predicted octanol–water partition coefficient (Wildman–Crippen LogP) is 0.511. The van der Waals surface area contributed by atoms with E-state index in [0.717, 1.165) is 25.2 Å². The Morgan fingerprint density at radius 1 is 1.33 bits per heavy atom. The van der Waals surface area contributed by atoms with Gasteiger partial charge in [0.05, 0.1) is 25.7 Å². The summed E-state index contributed by atoms with van der Waals surface area (Å²) in [4.78, 5) is 1.45. The first-order valence-electron chi connectivity index (χ1n) is 7.38. The summed E-state index contributed by atoms with van der Waals surface area (Å²) < 4.78 is 11.2. The third kappa shape index (κ3) is 6.38. The number of rotatable bonds is 10. The van der Waals surface area contributed by atoms with E-state index >= 15 is 0 Å². The Morgan fingerprint density at radius 3 is 2.71 bits per heavy atom. The zero-order valence-electron chi connectivity index (χ0n) is 13.2. The van der Waals surface area contributed by atoms with Gasteiger partial charge in [0, 0.05) is 5.56 Å². The smallest absolute Gasteiger partial charge is 0.180 e. The van der Waals surface area contributed by atoms with Crippen molar-refractivity contribution < 1.29 is 19.7 Å². The molecule has 0 aromatic heterocycles. The van der Waals surface area contributed by atoms with Gasteiger partial charge in [-0.05, 0) is 19.1 Å². The zero-order valence-corrected chi connectivity index (χ0v) is 14.0. The molecule has 1 aromatic carbocycles. The number of halogens is 1. The molecule has 0 amide bonds. The summed E-state index contributed by atoms with van der Waals surface area (Å²) in [6.07, 6.45) is 1.69. The van der Waals surface area contributed by atoms with Gasteiger partial charge in [-0.25, -0.2) is 0 Å². The van der Waals surface area contributed by atoms with Crippen LogP contribution in [0, 0.1) is 0 Å². The third-order valence-corrected chi connectivity index (χ3v) is 3.22. The van der Waals surface area contributed by atoms with E-state index in [2.05, 4.69) is 26.0 Å². The van der Waals surface area contributed by atoms with Crippen LogP contribution in [0.3, 0.4) is 0 Å². The first kappa shape index (κ1) is 17.8. The van der Waals surface area contributed by atoms with Crippen LogP contribution in [0.1, 0.15) is 12.5 Å². The molecule has 0 aliphatic heterocycles. The van der Waals surface area contributed by atoms with Gasteiger partial charge in [-0.1, -0.05) is 24.3 Å². The lowest BCUT2D eigenvalue weighted by molar-refractivity contribution is -0.875. The summed E-state index contributed by atoms with van der Waals surface area (Å²) in [6, 6.07) is 3.95. The maximum absolute atomic E-state index is 6.31. The predicted molar refractivity (Wildman–Crippen MR) is 86.5 cm³/mol. The van der Waals surface area contributed by atoms with Crippen LogP contribution in [-0.2, 0) is 6.54 Å². The van der Waals surface area contributed by atoms with Crippen LogP contribution >= 0.6 is 11.6 Å². The van der Waals surface area contributed by atoms with Crippen molar-refractivity contribution in [2.24, 2.45) is 0 Å². The van der Waals surface area contributed by atoms with E-state index in [1.165, 1.54) is 4.90 Å². The van der Waals surface area contributed by atoms with Crippen molar-refractivity contribution in [1.82, 2.24) is 0 Å². The molecule has 0 radical (unpaired) electrons. The zero-order chi connectivity index (χ0) is 15.7. The van der Waals surface area contributed by atoms with Crippen molar-refractivity contribution in [3.05, 3.63) is 35.4 Å². The maximum Gasteiger partial charge on any atom is 0.180 e. The lowest BCUT2D eigenvalue weighted by Crippen LogP contribution is -3.09. The molecule has 21 heavy (non-hydrogen) atoms. The monoisotopic (exact) mass is 314 g/mol. The van der Waals surface area contributed by atoms with Gasteiger partial charge >= 0.3 is 0 Å². The average Bonchev–Trinajstić information content (AvgIpc) is 2.43. The van der Waals surface area contributed by atoms with E-state index in [1.54, 1.807) is 6.08 Å². The van der Waals surface area contributed by atoms with E-state index in [1.807, 2.05) is 19.1 Å². The van der Waals surface area contributed by atoms with Crippen molar-refractivity contribution in [2.45, 2.75) is 13.5 Å². The SMILES string of the molecule is C=CCOc1c(Cl)cc(C[NH2+]CC[NH+](C)C)cc1OCC. The van der Waals surface area contributed by atoms with Gasteiger partial charge in [-0.2, -0.15) is 0 Å². The van der Waals surface area contributed by atoms with Crippen LogP contribution in [0.4, 0.5) is 0 Å². The topological polar surface area (TPSA) is 39.5 Å². The van der Waals surface area contributed by atoms with E-state index in [9.17, 15) is 0 Å². The second-order valence-corrected chi connectivity index (χ2v) is 5.58. The lowest BCUT2D eigenvalue weighted by Gasteiger charge is -2.14. The normalized spacial score (nSPS) is 10.7. The van der Waals surface area contributed by atoms with Crippen LogP contribution in [-0.4, -0.2) is 40.4 Å². The van der Waals surface area contributed by atoms with Crippen molar-refractivity contribution in [2.75, 3.05) is 40.4 Å². The highest BCUT2D eigenvalue weighted by Gasteiger charge is 2.13. The van der Waals surface area contributed by atoms with Gasteiger partial charge in [-0.15, -0.1) is 0 Å². The molecule has 118 valence electrons. The fourth-order valence-electron chi connectivity index (χ4n) is 1.94. The molecule has 3 N–H and O–H groups in total. The summed E-state index contributed by atoms with van der Waals surface area (Å²) in [6.45, 7) is 9.69. The Hall–Kier alpha value is -1.23. The van der Waals surface area contributed by atoms with Gasteiger partial charge in [0.2, 0.25) is 0 Å². The molecule has 0 saturated heterocycles. The van der Waals surface area contributed by atoms with Crippen LogP contribution < -0.4 is 19.7 Å². The molecule has 0 saturated carbocycles. The second-order valence-electron chi connectivity index (χ2n) is 5.18. The number of nitrogens with two attached hydrogens (primary N) is 1. The molecule has 0 bridgehead atoms. The summed E-state index contributed by atoms with van der Waals surface area (Å²) >= 11 is 6.31. The second kappa shape index (κ2) is 9.66.